The summed E-state index contributed by atoms with van der Waals surface area (Å²) in [7, 11) is 0. The van der Waals surface area contributed by atoms with Gasteiger partial charge in [-0.1, -0.05) is 53.2 Å². The van der Waals surface area contributed by atoms with Crippen LogP contribution in [0.1, 0.15) is 21.5 Å². The summed E-state index contributed by atoms with van der Waals surface area (Å²) in [5.74, 6) is 0. The molecule has 3 heteroatoms. The predicted octanol–water partition coefficient (Wildman–Crippen LogP) is 4.92. The molecule has 0 saturated carbocycles. The van der Waals surface area contributed by atoms with Gasteiger partial charge in [0.15, 0.2) is 6.29 Å². The SMILES string of the molecule is Cc1ccc(Sc2c(Cl)cccc2C=O)c(C)c1. The number of carbonyl (C=O) groups excluding carboxylic acids is 1. The van der Waals surface area contributed by atoms with Crippen molar-refractivity contribution in [3.8, 4) is 0 Å². The van der Waals surface area contributed by atoms with Crippen LogP contribution < -0.4 is 0 Å². The first-order chi connectivity index (χ1) is 8.61. The van der Waals surface area contributed by atoms with E-state index in [9.17, 15) is 4.79 Å². The lowest BCUT2D eigenvalue weighted by Gasteiger charge is -2.09. The van der Waals surface area contributed by atoms with Crippen LogP contribution in [0.4, 0.5) is 0 Å². The predicted molar refractivity (Wildman–Crippen MR) is 76.9 cm³/mol. The third kappa shape index (κ3) is 2.77. The Morgan fingerprint density at radius 2 is 1.94 bits per heavy atom. The molecule has 0 fully saturated rings. The van der Waals surface area contributed by atoms with Crippen molar-refractivity contribution in [2.24, 2.45) is 0 Å². The standard InChI is InChI=1S/C15H13ClOS/c1-10-6-7-14(11(2)8-10)18-15-12(9-17)4-3-5-13(15)16/h3-9H,1-2H3. The Hall–Kier alpha value is -1.25. The van der Waals surface area contributed by atoms with Crippen molar-refractivity contribution in [3.05, 3.63) is 58.1 Å². The molecule has 0 spiro atoms. The molecule has 2 rings (SSSR count). The lowest BCUT2D eigenvalue weighted by molar-refractivity contribution is 0.112. The summed E-state index contributed by atoms with van der Waals surface area (Å²) in [4.78, 5) is 13.0. The van der Waals surface area contributed by atoms with E-state index in [1.807, 2.05) is 0 Å². The molecule has 0 amide bonds. The third-order valence-corrected chi connectivity index (χ3v) is 4.43. The van der Waals surface area contributed by atoms with Gasteiger partial charge in [0, 0.05) is 15.4 Å². The minimum Gasteiger partial charge on any atom is -0.298 e. The van der Waals surface area contributed by atoms with Crippen molar-refractivity contribution in [3.63, 3.8) is 0 Å². The third-order valence-electron chi connectivity index (χ3n) is 2.67. The normalized spacial score (nSPS) is 10.4. The second-order valence-corrected chi connectivity index (χ2v) is 5.61. The molecule has 0 radical (unpaired) electrons. The molecule has 2 aromatic carbocycles. The van der Waals surface area contributed by atoms with E-state index < -0.39 is 0 Å². The highest BCUT2D eigenvalue weighted by atomic mass is 35.5. The zero-order chi connectivity index (χ0) is 13.1. The number of aryl methyl sites for hydroxylation is 2. The topological polar surface area (TPSA) is 17.1 Å². The molecule has 92 valence electrons. The summed E-state index contributed by atoms with van der Waals surface area (Å²) in [5.41, 5.74) is 3.05. The van der Waals surface area contributed by atoms with Crippen LogP contribution in [-0.4, -0.2) is 6.29 Å². The maximum atomic E-state index is 11.0. The van der Waals surface area contributed by atoms with Gasteiger partial charge in [0.1, 0.15) is 0 Å². The van der Waals surface area contributed by atoms with Gasteiger partial charge in [-0.3, -0.25) is 4.79 Å². The van der Waals surface area contributed by atoms with Crippen LogP contribution >= 0.6 is 23.4 Å². The Morgan fingerprint density at radius 3 is 2.61 bits per heavy atom. The Bertz CT molecular complexity index is 593. The fourth-order valence-corrected chi connectivity index (χ4v) is 3.02. The summed E-state index contributed by atoms with van der Waals surface area (Å²) in [6, 6.07) is 11.6. The van der Waals surface area contributed by atoms with E-state index in [2.05, 4.69) is 32.0 Å². The Kier molecular flexibility index (Phi) is 4.10. The quantitative estimate of drug-likeness (QED) is 0.740. The first kappa shape index (κ1) is 13.2. The average Bonchev–Trinajstić information content (AvgIpc) is 2.34. The van der Waals surface area contributed by atoms with Gasteiger partial charge in [-0.25, -0.2) is 0 Å². The fraction of sp³-hybridized carbons (Fsp3) is 0.133. The zero-order valence-corrected chi connectivity index (χ0v) is 11.8. The van der Waals surface area contributed by atoms with Gasteiger partial charge in [-0.2, -0.15) is 0 Å². The molecule has 2 aromatic rings. The van der Waals surface area contributed by atoms with Crippen molar-refractivity contribution in [2.45, 2.75) is 23.6 Å². The molecule has 0 unspecified atom stereocenters. The molecule has 0 saturated heterocycles. The molecule has 0 N–H and O–H groups in total. The van der Waals surface area contributed by atoms with E-state index in [4.69, 9.17) is 11.6 Å². The number of rotatable bonds is 3. The second-order valence-electron chi connectivity index (χ2n) is 4.15. The van der Waals surface area contributed by atoms with Gasteiger partial charge in [0.2, 0.25) is 0 Å². The maximum Gasteiger partial charge on any atom is 0.151 e. The number of carbonyl (C=O) groups is 1. The number of hydrogen-bond donors (Lipinski definition) is 0. The van der Waals surface area contributed by atoms with E-state index in [0.717, 1.165) is 16.1 Å². The van der Waals surface area contributed by atoms with E-state index in [-0.39, 0.29) is 0 Å². The Morgan fingerprint density at radius 1 is 1.17 bits per heavy atom. The molecule has 0 atom stereocenters. The first-order valence-electron chi connectivity index (χ1n) is 5.60. The van der Waals surface area contributed by atoms with Gasteiger partial charge < -0.3 is 0 Å². The minimum atomic E-state index is 0.615. The first-order valence-corrected chi connectivity index (χ1v) is 6.80. The molecule has 1 nitrogen and oxygen atoms in total. The molecule has 0 bridgehead atoms. The van der Waals surface area contributed by atoms with Gasteiger partial charge in [0.05, 0.1) is 5.02 Å². The maximum absolute atomic E-state index is 11.0. The van der Waals surface area contributed by atoms with Crippen LogP contribution in [0, 0.1) is 13.8 Å². The molecule has 0 heterocycles. The lowest BCUT2D eigenvalue weighted by atomic mass is 10.2. The minimum absolute atomic E-state index is 0.615. The van der Waals surface area contributed by atoms with Crippen LogP contribution in [-0.2, 0) is 0 Å². The summed E-state index contributed by atoms with van der Waals surface area (Å²) < 4.78 is 0. The van der Waals surface area contributed by atoms with Gasteiger partial charge in [-0.05, 0) is 31.5 Å². The van der Waals surface area contributed by atoms with Crippen LogP contribution in [0.3, 0.4) is 0 Å². The number of benzene rings is 2. The van der Waals surface area contributed by atoms with Gasteiger partial charge in [-0.15, -0.1) is 0 Å². The van der Waals surface area contributed by atoms with E-state index in [1.165, 1.54) is 22.9 Å². The smallest absolute Gasteiger partial charge is 0.151 e. The summed E-state index contributed by atoms with van der Waals surface area (Å²) in [6.07, 6.45) is 0.845. The van der Waals surface area contributed by atoms with E-state index in [0.29, 0.717) is 10.6 Å². The monoisotopic (exact) mass is 276 g/mol. The van der Waals surface area contributed by atoms with Gasteiger partial charge in [0.25, 0.3) is 0 Å². The van der Waals surface area contributed by atoms with Crippen molar-refractivity contribution in [1.29, 1.82) is 0 Å². The van der Waals surface area contributed by atoms with E-state index in [1.54, 1.807) is 18.2 Å². The fourth-order valence-electron chi connectivity index (χ4n) is 1.75. The highest BCUT2D eigenvalue weighted by Crippen LogP contribution is 2.37. The van der Waals surface area contributed by atoms with Crippen LogP contribution in [0.15, 0.2) is 46.2 Å². The Balaban J connectivity index is 2.42. The van der Waals surface area contributed by atoms with E-state index >= 15 is 0 Å². The van der Waals surface area contributed by atoms with Crippen molar-refractivity contribution in [1.82, 2.24) is 0 Å². The number of halogens is 1. The van der Waals surface area contributed by atoms with Crippen LogP contribution in [0.25, 0.3) is 0 Å². The molecular formula is C15H13ClOS. The molecule has 18 heavy (non-hydrogen) atoms. The van der Waals surface area contributed by atoms with Crippen LogP contribution in [0.5, 0.6) is 0 Å². The number of aldehydes is 1. The molecule has 0 aliphatic carbocycles. The molecule has 0 aromatic heterocycles. The highest BCUT2D eigenvalue weighted by molar-refractivity contribution is 7.99. The summed E-state index contributed by atoms with van der Waals surface area (Å²) in [5, 5.41) is 0.615. The summed E-state index contributed by atoms with van der Waals surface area (Å²) in [6.45, 7) is 4.13. The van der Waals surface area contributed by atoms with Crippen LogP contribution in [0.2, 0.25) is 5.02 Å². The molecule has 0 aliphatic heterocycles. The summed E-state index contributed by atoms with van der Waals surface area (Å²) >= 11 is 7.70. The lowest BCUT2D eigenvalue weighted by Crippen LogP contribution is -1.88. The molecule has 0 aliphatic rings. The highest BCUT2D eigenvalue weighted by Gasteiger charge is 2.09. The van der Waals surface area contributed by atoms with Crippen molar-refractivity contribution < 1.29 is 4.79 Å². The second kappa shape index (κ2) is 5.59. The molecular weight excluding hydrogens is 264 g/mol. The number of hydrogen-bond acceptors (Lipinski definition) is 2. The Labute approximate surface area is 116 Å². The average molecular weight is 277 g/mol. The van der Waals surface area contributed by atoms with Crippen molar-refractivity contribution in [2.75, 3.05) is 0 Å². The van der Waals surface area contributed by atoms with Gasteiger partial charge >= 0.3 is 0 Å². The largest absolute Gasteiger partial charge is 0.298 e. The zero-order valence-electron chi connectivity index (χ0n) is 10.2. The van der Waals surface area contributed by atoms with Crippen molar-refractivity contribution >= 4 is 29.6 Å².